The second kappa shape index (κ2) is 6.34. The van der Waals surface area contributed by atoms with Gasteiger partial charge >= 0.3 is 5.97 Å². The lowest BCUT2D eigenvalue weighted by atomic mass is 9.75. The van der Waals surface area contributed by atoms with E-state index in [0.29, 0.717) is 35.3 Å². The van der Waals surface area contributed by atoms with Gasteiger partial charge in [-0.05, 0) is 56.5 Å². The van der Waals surface area contributed by atoms with Crippen LogP contribution < -0.4 is 4.90 Å². The molecule has 2 aromatic rings. The number of anilines is 1. The number of nitrogens with zero attached hydrogens (tertiary/aromatic N) is 3. The second-order valence-electron chi connectivity index (χ2n) is 8.15. The first-order valence-electron chi connectivity index (χ1n) is 9.90. The molecule has 5 heterocycles. The van der Waals surface area contributed by atoms with Crippen molar-refractivity contribution < 1.29 is 9.90 Å². The van der Waals surface area contributed by atoms with Crippen molar-refractivity contribution >= 4 is 11.8 Å². The summed E-state index contributed by atoms with van der Waals surface area (Å²) < 4.78 is 0. The molecule has 0 unspecified atom stereocenters. The average Bonchev–Trinajstić information content (AvgIpc) is 3.12. The van der Waals surface area contributed by atoms with E-state index in [-0.39, 0.29) is 0 Å². The van der Waals surface area contributed by atoms with Gasteiger partial charge in [-0.2, -0.15) is 0 Å². The van der Waals surface area contributed by atoms with Crippen molar-refractivity contribution in [1.82, 2.24) is 9.88 Å². The van der Waals surface area contributed by atoms with Crippen molar-refractivity contribution in [1.29, 1.82) is 0 Å². The highest BCUT2D eigenvalue weighted by Gasteiger charge is 2.54. The summed E-state index contributed by atoms with van der Waals surface area (Å²) in [5.41, 5.74) is 2.55. The normalized spacial score (nSPS) is 31.7. The van der Waals surface area contributed by atoms with Crippen molar-refractivity contribution in [3.8, 4) is 0 Å². The molecule has 140 valence electrons. The molecule has 4 saturated heterocycles. The summed E-state index contributed by atoms with van der Waals surface area (Å²) in [6, 6.07) is 15.0. The van der Waals surface area contributed by atoms with Gasteiger partial charge in [-0.1, -0.05) is 30.3 Å². The fraction of sp³-hybridized carbons (Fsp3) is 0.455. The largest absolute Gasteiger partial charge is 0.478 e. The molecular weight excluding hydrogens is 338 g/mol. The minimum atomic E-state index is -0.890. The number of piperidine rings is 3. The van der Waals surface area contributed by atoms with Crippen LogP contribution in [0, 0.1) is 12.8 Å². The third-order valence-corrected chi connectivity index (χ3v) is 6.74. The Morgan fingerprint density at radius 1 is 1.07 bits per heavy atom. The van der Waals surface area contributed by atoms with E-state index in [1.54, 1.807) is 12.1 Å². The Labute approximate surface area is 159 Å². The summed E-state index contributed by atoms with van der Waals surface area (Å²) in [5, 5.41) is 9.75. The highest BCUT2D eigenvalue weighted by atomic mass is 16.4. The van der Waals surface area contributed by atoms with Crippen molar-refractivity contribution in [2.75, 3.05) is 24.5 Å². The number of benzene rings is 1. The molecule has 27 heavy (non-hydrogen) atoms. The van der Waals surface area contributed by atoms with E-state index in [1.807, 2.05) is 6.92 Å². The molecule has 4 aliphatic heterocycles. The van der Waals surface area contributed by atoms with Gasteiger partial charge in [0.25, 0.3) is 0 Å². The smallest absolute Gasteiger partial charge is 0.339 e. The fourth-order valence-corrected chi connectivity index (χ4v) is 5.59. The Morgan fingerprint density at radius 3 is 2.52 bits per heavy atom. The summed E-state index contributed by atoms with van der Waals surface area (Å²) in [6.45, 7) is 5.10. The molecule has 5 heteroatoms. The van der Waals surface area contributed by atoms with Crippen LogP contribution in [-0.2, 0) is 0 Å². The van der Waals surface area contributed by atoms with Crippen LogP contribution in [0.3, 0.4) is 0 Å². The van der Waals surface area contributed by atoms with Gasteiger partial charge in [-0.15, -0.1) is 0 Å². The van der Waals surface area contributed by atoms with Crippen LogP contribution in [0.15, 0.2) is 42.5 Å². The summed E-state index contributed by atoms with van der Waals surface area (Å²) in [5.74, 6) is 0.782. The van der Waals surface area contributed by atoms with Gasteiger partial charge in [0.1, 0.15) is 11.4 Å². The number of aryl methyl sites for hydroxylation is 1. The quantitative estimate of drug-likeness (QED) is 0.908. The van der Waals surface area contributed by atoms with E-state index in [2.05, 4.69) is 40.1 Å². The van der Waals surface area contributed by atoms with Gasteiger partial charge in [0, 0.05) is 30.2 Å². The Morgan fingerprint density at radius 2 is 1.81 bits per heavy atom. The highest BCUT2D eigenvalue weighted by Crippen LogP contribution is 2.48. The highest BCUT2D eigenvalue weighted by molar-refractivity contribution is 5.93. The molecule has 2 bridgehead atoms. The first-order valence-corrected chi connectivity index (χ1v) is 9.90. The lowest BCUT2D eigenvalue weighted by molar-refractivity contribution is 0.0353. The van der Waals surface area contributed by atoms with Gasteiger partial charge in [-0.25, -0.2) is 9.78 Å². The molecule has 0 aliphatic carbocycles. The van der Waals surface area contributed by atoms with Crippen molar-refractivity contribution in [3.63, 3.8) is 0 Å². The SMILES string of the molecule is Cc1ccc(C(=O)O)c(N2C[C@H](c3ccccc3)[C@@H]3[C@H]2C2CCN3CC2)n1. The van der Waals surface area contributed by atoms with E-state index in [1.165, 1.54) is 18.4 Å². The molecule has 0 amide bonds. The standard InChI is InChI=1S/C22H25N3O2/c1-14-7-8-17(22(26)27)21(23-14)25-13-18(15-5-3-2-4-6-15)20-19(25)16-9-11-24(20)12-10-16/h2-8,16,18-20H,9-13H2,1H3,(H,26,27)/t18-,19-,20-/m1/s1. The van der Waals surface area contributed by atoms with Gasteiger partial charge < -0.3 is 10.0 Å². The number of carboxylic acid groups (broad SMARTS) is 1. The van der Waals surface area contributed by atoms with Gasteiger partial charge in [0.2, 0.25) is 0 Å². The number of carboxylic acids is 1. The van der Waals surface area contributed by atoms with Crippen LogP contribution in [-0.4, -0.2) is 52.7 Å². The first-order chi connectivity index (χ1) is 13.1. The van der Waals surface area contributed by atoms with Crippen molar-refractivity contribution in [3.05, 3.63) is 59.3 Å². The molecule has 5 nitrogen and oxygen atoms in total. The Balaban J connectivity index is 1.62. The number of hydrogen-bond donors (Lipinski definition) is 1. The number of aromatic carboxylic acids is 1. The van der Waals surface area contributed by atoms with Crippen LogP contribution in [0.2, 0.25) is 0 Å². The van der Waals surface area contributed by atoms with Gasteiger partial charge in [0.05, 0.1) is 0 Å². The molecule has 1 N–H and O–H groups in total. The molecular formula is C22H25N3O2. The molecule has 0 spiro atoms. The predicted molar refractivity (Wildman–Crippen MR) is 104 cm³/mol. The Bertz CT molecular complexity index is 861. The monoisotopic (exact) mass is 363 g/mol. The number of carbonyl (C=O) groups is 1. The number of pyridine rings is 1. The predicted octanol–water partition coefficient (Wildman–Crippen LogP) is 3.15. The third-order valence-electron chi connectivity index (χ3n) is 6.74. The molecule has 0 radical (unpaired) electrons. The maximum absolute atomic E-state index is 11.9. The lowest BCUT2D eigenvalue weighted by Gasteiger charge is -2.51. The summed E-state index contributed by atoms with van der Waals surface area (Å²) in [7, 11) is 0. The zero-order valence-electron chi connectivity index (χ0n) is 15.6. The van der Waals surface area contributed by atoms with Gasteiger partial charge in [0.15, 0.2) is 0 Å². The molecule has 0 saturated carbocycles. The van der Waals surface area contributed by atoms with Crippen LogP contribution in [0.1, 0.15) is 40.4 Å². The fourth-order valence-electron chi connectivity index (χ4n) is 5.59. The number of hydrogen-bond acceptors (Lipinski definition) is 4. The molecule has 4 aliphatic rings. The average molecular weight is 363 g/mol. The summed E-state index contributed by atoms with van der Waals surface area (Å²) in [4.78, 5) is 21.6. The van der Waals surface area contributed by atoms with Crippen LogP contribution >= 0.6 is 0 Å². The molecule has 3 atom stereocenters. The number of aromatic nitrogens is 1. The lowest BCUT2D eigenvalue weighted by Crippen LogP contribution is -2.60. The first kappa shape index (κ1) is 16.8. The number of fused-ring (bicyclic) bond motifs is 2. The molecule has 6 rings (SSSR count). The van der Waals surface area contributed by atoms with E-state index in [4.69, 9.17) is 4.98 Å². The zero-order chi connectivity index (χ0) is 18.5. The zero-order valence-corrected chi connectivity index (χ0v) is 15.6. The van der Waals surface area contributed by atoms with Crippen LogP contribution in [0.25, 0.3) is 0 Å². The molecule has 4 fully saturated rings. The van der Waals surface area contributed by atoms with E-state index in [0.717, 1.165) is 25.3 Å². The van der Waals surface area contributed by atoms with Crippen molar-refractivity contribution in [2.24, 2.45) is 5.92 Å². The Kier molecular flexibility index (Phi) is 3.93. The minimum absolute atomic E-state index is 0.324. The van der Waals surface area contributed by atoms with E-state index < -0.39 is 5.97 Å². The molecule has 1 aromatic carbocycles. The number of rotatable bonds is 3. The second-order valence-corrected chi connectivity index (χ2v) is 8.15. The maximum atomic E-state index is 11.9. The van der Waals surface area contributed by atoms with E-state index >= 15 is 0 Å². The summed E-state index contributed by atoms with van der Waals surface area (Å²) in [6.07, 6.45) is 2.40. The summed E-state index contributed by atoms with van der Waals surface area (Å²) >= 11 is 0. The van der Waals surface area contributed by atoms with E-state index in [9.17, 15) is 9.90 Å². The van der Waals surface area contributed by atoms with Crippen molar-refractivity contribution in [2.45, 2.75) is 37.8 Å². The Hall–Kier alpha value is -2.40. The van der Waals surface area contributed by atoms with Gasteiger partial charge in [-0.3, -0.25) is 4.90 Å². The third kappa shape index (κ3) is 2.64. The molecule has 1 aromatic heterocycles. The van der Waals surface area contributed by atoms with Crippen LogP contribution in [0.4, 0.5) is 5.82 Å². The maximum Gasteiger partial charge on any atom is 0.339 e. The topological polar surface area (TPSA) is 56.7 Å². The van der Waals surface area contributed by atoms with Crippen LogP contribution in [0.5, 0.6) is 0 Å². The minimum Gasteiger partial charge on any atom is -0.478 e.